The topological polar surface area (TPSA) is 24.9 Å². The van der Waals surface area contributed by atoms with Crippen molar-refractivity contribution in [2.75, 3.05) is 6.54 Å². The van der Waals surface area contributed by atoms with Gasteiger partial charge in [-0.25, -0.2) is 0 Å². The van der Waals surface area contributed by atoms with Crippen LogP contribution in [0.15, 0.2) is 16.7 Å². The number of pyridine rings is 1. The number of hydrogen-bond donors (Lipinski definition) is 1. The molecule has 0 amide bonds. The summed E-state index contributed by atoms with van der Waals surface area (Å²) in [5.41, 5.74) is 0.981. The van der Waals surface area contributed by atoms with Crippen molar-refractivity contribution in [2.45, 2.75) is 25.3 Å². The van der Waals surface area contributed by atoms with Crippen LogP contribution in [0.5, 0.6) is 0 Å². The number of nitrogens with one attached hydrogen (secondary N) is 1. The van der Waals surface area contributed by atoms with Crippen molar-refractivity contribution in [3.05, 3.63) is 27.5 Å². The summed E-state index contributed by atoms with van der Waals surface area (Å²) in [6.45, 7) is 1.07. The molecule has 1 atom stereocenters. The first-order valence-corrected chi connectivity index (χ1v) is 5.99. The maximum Gasteiger partial charge on any atom is 0.0759 e. The van der Waals surface area contributed by atoms with Crippen molar-refractivity contribution in [2.24, 2.45) is 0 Å². The van der Waals surface area contributed by atoms with Crippen LogP contribution in [0.2, 0.25) is 5.02 Å². The third kappa shape index (κ3) is 2.27. The Labute approximate surface area is 97.2 Å². The highest BCUT2D eigenvalue weighted by Gasteiger charge is 2.18. The number of halogens is 2. The molecule has 2 nitrogen and oxygen atoms in total. The van der Waals surface area contributed by atoms with Gasteiger partial charge in [0.1, 0.15) is 0 Å². The van der Waals surface area contributed by atoms with Crippen molar-refractivity contribution in [1.29, 1.82) is 0 Å². The highest BCUT2D eigenvalue weighted by molar-refractivity contribution is 9.10. The van der Waals surface area contributed by atoms with Crippen molar-refractivity contribution in [3.8, 4) is 0 Å². The summed E-state index contributed by atoms with van der Waals surface area (Å²) < 4.78 is 0.932. The predicted octanol–water partition coefficient (Wildman–Crippen LogP) is 3.31. The van der Waals surface area contributed by atoms with E-state index < -0.39 is 0 Å². The van der Waals surface area contributed by atoms with Crippen LogP contribution in [0, 0.1) is 0 Å². The maximum absolute atomic E-state index is 6.13. The van der Waals surface area contributed by atoms with Gasteiger partial charge in [0.15, 0.2) is 0 Å². The molecule has 1 aliphatic rings. The van der Waals surface area contributed by atoms with E-state index in [1.54, 1.807) is 6.20 Å². The van der Waals surface area contributed by atoms with Gasteiger partial charge in [0.25, 0.3) is 0 Å². The molecule has 2 heterocycles. The Kier molecular flexibility index (Phi) is 3.42. The lowest BCUT2D eigenvalue weighted by atomic mass is 10.0. The Morgan fingerprint density at radius 3 is 3.00 bits per heavy atom. The normalized spacial score (nSPS) is 22.3. The van der Waals surface area contributed by atoms with E-state index in [0.29, 0.717) is 6.04 Å². The molecule has 1 unspecified atom stereocenters. The minimum absolute atomic E-state index is 0.337. The molecular weight excluding hydrogens is 263 g/mol. The summed E-state index contributed by atoms with van der Waals surface area (Å²) in [7, 11) is 0. The van der Waals surface area contributed by atoms with Crippen LogP contribution in [0.25, 0.3) is 0 Å². The molecule has 2 rings (SSSR count). The lowest BCUT2D eigenvalue weighted by molar-refractivity contribution is 0.405. The van der Waals surface area contributed by atoms with Crippen LogP contribution in [-0.2, 0) is 0 Å². The van der Waals surface area contributed by atoms with Crippen LogP contribution < -0.4 is 5.32 Å². The maximum atomic E-state index is 6.13. The van der Waals surface area contributed by atoms with Gasteiger partial charge in [-0.1, -0.05) is 18.0 Å². The van der Waals surface area contributed by atoms with Crippen molar-refractivity contribution in [3.63, 3.8) is 0 Å². The number of piperidine rings is 1. The predicted molar refractivity (Wildman–Crippen MR) is 61.5 cm³/mol. The third-order valence-corrected chi connectivity index (χ3v) is 3.21. The summed E-state index contributed by atoms with van der Waals surface area (Å²) in [5.74, 6) is 0. The van der Waals surface area contributed by atoms with Gasteiger partial charge in [-0.15, -0.1) is 0 Å². The fraction of sp³-hybridized carbons (Fsp3) is 0.500. The molecule has 4 heteroatoms. The highest BCUT2D eigenvalue weighted by Crippen LogP contribution is 2.28. The first-order chi connectivity index (χ1) is 6.77. The molecule has 1 aromatic heterocycles. The summed E-state index contributed by atoms with van der Waals surface area (Å²) in [6.07, 6.45) is 5.45. The minimum Gasteiger partial charge on any atom is -0.309 e. The zero-order valence-corrected chi connectivity index (χ0v) is 10.1. The van der Waals surface area contributed by atoms with E-state index in [1.807, 2.05) is 6.07 Å². The third-order valence-electron chi connectivity index (χ3n) is 2.48. The average Bonchev–Trinajstić information content (AvgIpc) is 2.19. The second kappa shape index (κ2) is 4.60. The van der Waals surface area contributed by atoms with Gasteiger partial charge in [-0.05, 0) is 41.4 Å². The lowest BCUT2D eigenvalue weighted by Gasteiger charge is -2.23. The lowest BCUT2D eigenvalue weighted by Crippen LogP contribution is -2.27. The molecule has 0 bridgehead atoms. The number of aromatic nitrogens is 1. The molecule has 0 spiro atoms. The quantitative estimate of drug-likeness (QED) is 0.850. The van der Waals surface area contributed by atoms with Crippen molar-refractivity contribution < 1.29 is 0 Å². The summed E-state index contributed by atoms with van der Waals surface area (Å²) in [6, 6.07) is 2.24. The van der Waals surface area contributed by atoms with E-state index in [1.165, 1.54) is 12.8 Å². The SMILES string of the molecule is Clc1cc(Br)cnc1C1CCCCN1. The number of nitrogens with zero attached hydrogens (tertiary/aromatic N) is 1. The number of hydrogen-bond acceptors (Lipinski definition) is 2. The van der Waals surface area contributed by atoms with E-state index in [9.17, 15) is 0 Å². The zero-order chi connectivity index (χ0) is 9.97. The average molecular weight is 276 g/mol. The number of rotatable bonds is 1. The Bertz CT molecular complexity index is 324. The molecule has 0 aromatic carbocycles. The Morgan fingerprint density at radius 2 is 2.36 bits per heavy atom. The van der Waals surface area contributed by atoms with Gasteiger partial charge in [0.05, 0.1) is 16.8 Å². The van der Waals surface area contributed by atoms with Gasteiger partial charge in [0.2, 0.25) is 0 Å². The zero-order valence-electron chi connectivity index (χ0n) is 7.76. The van der Waals surface area contributed by atoms with Crippen molar-refractivity contribution >= 4 is 27.5 Å². The Balaban J connectivity index is 2.22. The van der Waals surface area contributed by atoms with Crippen LogP contribution in [0.1, 0.15) is 31.0 Å². The van der Waals surface area contributed by atoms with Gasteiger partial charge >= 0.3 is 0 Å². The molecular formula is C10H12BrClN2. The van der Waals surface area contributed by atoms with E-state index in [0.717, 1.165) is 28.2 Å². The monoisotopic (exact) mass is 274 g/mol. The minimum atomic E-state index is 0.337. The smallest absolute Gasteiger partial charge is 0.0759 e. The summed E-state index contributed by atoms with van der Waals surface area (Å²) >= 11 is 9.48. The highest BCUT2D eigenvalue weighted by atomic mass is 79.9. The summed E-state index contributed by atoms with van der Waals surface area (Å²) in [5, 5.41) is 4.18. The fourth-order valence-corrected chi connectivity index (χ4v) is 2.53. The van der Waals surface area contributed by atoms with Crippen molar-refractivity contribution in [1.82, 2.24) is 10.3 Å². The molecule has 76 valence electrons. The molecule has 1 aromatic rings. The molecule has 1 N–H and O–H groups in total. The fourth-order valence-electron chi connectivity index (χ4n) is 1.77. The molecule has 1 aliphatic heterocycles. The molecule has 0 saturated carbocycles. The summed E-state index contributed by atoms with van der Waals surface area (Å²) in [4.78, 5) is 4.36. The molecule has 0 radical (unpaired) electrons. The van der Waals surface area contributed by atoms with E-state index >= 15 is 0 Å². The van der Waals surface area contributed by atoms with Crippen LogP contribution in [0.3, 0.4) is 0 Å². The second-order valence-electron chi connectivity index (χ2n) is 3.52. The van der Waals surface area contributed by atoms with E-state index in [4.69, 9.17) is 11.6 Å². The first kappa shape index (κ1) is 10.4. The van der Waals surface area contributed by atoms with Gasteiger partial charge in [0, 0.05) is 10.7 Å². The molecule has 1 fully saturated rings. The Hall–Kier alpha value is -0.120. The van der Waals surface area contributed by atoms with Gasteiger partial charge in [-0.2, -0.15) is 0 Å². The standard InChI is InChI=1S/C10H12BrClN2/c11-7-5-8(12)10(14-6-7)9-3-1-2-4-13-9/h5-6,9,13H,1-4H2. The van der Waals surface area contributed by atoms with Crippen LogP contribution in [0.4, 0.5) is 0 Å². The first-order valence-electron chi connectivity index (χ1n) is 4.81. The van der Waals surface area contributed by atoms with E-state index in [-0.39, 0.29) is 0 Å². The van der Waals surface area contributed by atoms with Crippen LogP contribution in [-0.4, -0.2) is 11.5 Å². The Morgan fingerprint density at radius 1 is 1.50 bits per heavy atom. The van der Waals surface area contributed by atoms with E-state index in [2.05, 4.69) is 26.2 Å². The van der Waals surface area contributed by atoms with Gasteiger partial charge in [-0.3, -0.25) is 4.98 Å². The van der Waals surface area contributed by atoms with Crippen LogP contribution >= 0.6 is 27.5 Å². The molecule has 14 heavy (non-hydrogen) atoms. The second-order valence-corrected chi connectivity index (χ2v) is 4.85. The molecule has 0 aliphatic carbocycles. The largest absolute Gasteiger partial charge is 0.309 e. The van der Waals surface area contributed by atoms with Gasteiger partial charge < -0.3 is 5.32 Å². The molecule has 1 saturated heterocycles.